The van der Waals surface area contributed by atoms with E-state index in [0.717, 1.165) is 28.1 Å². The van der Waals surface area contributed by atoms with E-state index in [1.807, 2.05) is 42.8 Å². The molecule has 29 heavy (non-hydrogen) atoms. The van der Waals surface area contributed by atoms with Gasteiger partial charge < -0.3 is 9.66 Å². The number of halogens is 2. The Morgan fingerprint density at radius 1 is 1.10 bits per heavy atom. The number of carboxylic acids is 1. The summed E-state index contributed by atoms with van der Waals surface area (Å²) in [7, 11) is 0. The predicted octanol–water partition coefficient (Wildman–Crippen LogP) is 4.79. The molecule has 0 aliphatic heterocycles. The molecule has 8 heteroatoms. The number of aryl methyl sites for hydroxylation is 1. The molecule has 0 radical (unpaired) electrons. The Hall–Kier alpha value is -1.99. The number of carbonyl (C=O) groups is 1. The first kappa shape index (κ1) is 21.7. The van der Waals surface area contributed by atoms with Gasteiger partial charge in [-0.3, -0.25) is 9.48 Å². The van der Waals surface area contributed by atoms with Crippen molar-refractivity contribution in [3.8, 4) is 0 Å². The fourth-order valence-electron chi connectivity index (χ4n) is 3.06. The fourth-order valence-corrected chi connectivity index (χ4v) is 4.56. The summed E-state index contributed by atoms with van der Waals surface area (Å²) >= 11 is 10.7. The van der Waals surface area contributed by atoms with E-state index in [0.29, 0.717) is 27.2 Å². The first-order valence-electron chi connectivity index (χ1n) is 8.90. The summed E-state index contributed by atoms with van der Waals surface area (Å²) in [6.07, 6.45) is -0.0306. The van der Waals surface area contributed by atoms with E-state index in [9.17, 15) is 9.35 Å². The van der Waals surface area contributed by atoms with Gasteiger partial charge in [-0.1, -0.05) is 47.5 Å². The summed E-state index contributed by atoms with van der Waals surface area (Å²) in [5.74, 6) is -0.490. The van der Waals surface area contributed by atoms with Gasteiger partial charge in [0.15, 0.2) is 4.90 Å². The molecule has 3 aromatic rings. The van der Waals surface area contributed by atoms with Crippen molar-refractivity contribution in [3.63, 3.8) is 0 Å². The van der Waals surface area contributed by atoms with Crippen LogP contribution >= 0.6 is 23.2 Å². The number of benzene rings is 2. The zero-order chi connectivity index (χ0) is 21.1. The van der Waals surface area contributed by atoms with E-state index in [4.69, 9.17) is 28.3 Å². The number of nitrogens with zero attached hydrogens (tertiary/aromatic N) is 2. The summed E-state index contributed by atoms with van der Waals surface area (Å²) < 4.78 is 14.4. The molecule has 3 rings (SSSR count). The molecule has 1 atom stereocenters. The van der Waals surface area contributed by atoms with Crippen LogP contribution in [0.3, 0.4) is 0 Å². The van der Waals surface area contributed by atoms with Crippen LogP contribution in [0.4, 0.5) is 0 Å². The van der Waals surface area contributed by atoms with Gasteiger partial charge in [-0.05, 0) is 42.7 Å². The minimum absolute atomic E-state index is 0.0306. The summed E-state index contributed by atoms with van der Waals surface area (Å²) in [6.45, 7) is 4.25. The zero-order valence-corrected chi connectivity index (χ0v) is 18.3. The summed E-state index contributed by atoms with van der Waals surface area (Å²) in [5, 5.41) is 14.3. The minimum atomic E-state index is -1.22. The molecule has 1 unspecified atom stereocenters. The fraction of sp³-hybridized carbons (Fsp3) is 0.238. The molecule has 0 amide bonds. The summed E-state index contributed by atoms with van der Waals surface area (Å²) in [4.78, 5) is 11.7. The van der Waals surface area contributed by atoms with Crippen molar-refractivity contribution in [1.82, 2.24) is 9.78 Å². The third-order valence-electron chi connectivity index (χ3n) is 4.67. The number of aliphatic carboxylic acids is 1. The maximum atomic E-state index is 12.6. The van der Waals surface area contributed by atoms with E-state index in [-0.39, 0.29) is 6.42 Å². The number of rotatable bonds is 7. The highest BCUT2D eigenvalue weighted by Gasteiger charge is 2.16. The van der Waals surface area contributed by atoms with Gasteiger partial charge in [0.25, 0.3) is 0 Å². The van der Waals surface area contributed by atoms with Crippen LogP contribution in [0.1, 0.15) is 28.1 Å². The number of aromatic nitrogens is 2. The van der Waals surface area contributed by atoms with Crippen molar-refractivity contribution < 1.29 is 14.5 Å². The topological polar surface area (TPSA) is 78.2 Å². The van der Waals surface area contributed by atoms with Crippen LogP contribution in [-0.4, -0.2) is 25.4 Å². The normalized spacial score (nSPS) is 12.2. The van der Waals surface area contributed by atoms with E-state index in [2.05, 4.69) is 5.10 Å². The van der Waals surface area contributed by atoms with Crippen molar-refractivity contribution in [3.05, 3.63) is 80.6 Å². The first-order valence-corrected chi connectivity index (χ1v) is 11.0. The van der Waals surface area contributed by atoms with Crippen LogP contribution in [0.2, 0.25) is 10.0 Å². The van der Waals surface area contributed by atoms with Gasteiger partial charge >= 0.3 is 5.97 Å². The molecule has 152 valence electrons. The van der Waals surface area contributed by atoms with E-state index < -0.39 is 17.1 Å². The van der Waals surface area contributed by atoms with Crippen molar-refractivity contribution in [2.75, 3.05) is 0 Å². The third kappa shape index (κ3) is 5.34. The molecule has 0 aliphatic carbocycles. The number of hydrogen-bond acceptors (Lipinski definition) is 3. The van der Waals surface area contributed by atoms with E-state index in [1.54, 1.807) is 18.2 Å². The van der Waals surface area contributed by atoms with Crippen LogP contribution in [0.25, 0.3) is 0 Å². The van der Waals surface area contributed by atoms with E-state index >= 15 is 0 Å². The lowest BCUT2D eigenvalue weighted by atomic mass is 10.1. The van der Waals surface area contributed by atoms with Crippen molar-refractivity contribution in [2.24, 2.45) is 0 Å². The second-order valence-electron chi connectivity index (χ2n) is 6.76. The Bertz CT molecular complexity index is 1040. The second kappa shape index (κ2) is 9.22. The van der Waals surface area contributed by atoms with Crippen LogP contribution in [0, 0.1) is 13.8 Å². The number of hydrogen-bond donors (Lipinski definition) is 1. The van der Waals surface area contributed by atoms with Gasteiger partial charge in [0, 0.05) is 22.9 Å². The predicted molar refractivity (Wildman–Crippen MR) is 115 cm³/mol. The lowest BCUT2D eigenvalue weighted by Gasteiger charge is -2.12. The Labute approximate surface area is 182 Å². The van der Waals surface area contributed by atoms with Crippen LogP contribution in [0.15, 0.2) is 47.4 Å². The molecule has 0 saturated carbocycles. The Balaban J connectivity index is 1.69. The highest BCUT2D eigenvalue weighted by Crippen LogP contribution is 2.26. The molecule has 0 bridgehead atoms. The third-order valence-corrected chi connectivity index (χ3v) is 6.78. The molecule has 0 aliphatic rings. The molecule has 0 saturated heterocycles. The molecule has 1 N–H and O–H groups in total. The standard InChI is InChI=1S/C21H20Cl2N2O3S/c1-13-18(10-21(26)27)14(2)25(24-13)11-15-3-5-16(6-4-15)12-29(28)17-7-8-19(22)20(23)9-17/h3-9H,10-12H2,1-2H3,(H,26,27). The Morgan fingerprint density at radius 2 is 1.76 bits per heavy atom. The van der Waals surface area contributed by atoms with Gasteiger partial charge in [0.05, 0.1) is 28.7 Å². The molecule has 0 spiro atoms. The quantitative estimate of drug-likeness (QED) is 0.524. The Morgan fingerprint density at radius 3 is 2.38 bits per heavy atom. The monoisotopic (exact) mass is 450 g/mol. The van der Waals surface area contributed by atoms with Crippen LogP contribution in [0.5, 0.6) is 0 Å². The molecule has 5 nitrogen and oxygen atoms in total. The lowest BCUT2D eigenvalue weighted by molar-refractivity contribution is -0.136. The van der Waals surface area contributed by atoms with Crippen LogP contribution in [-0.2, 0) is 34.7 Å². The van der Waals surface area contributed by atoms with Gasteiger partial charge in [0.1, 0.15) is 5.75 Å². The molecule has 1 heterocycles. The molecule has 2 aromatic carbocycles. The maximum absolute atomic E-state index is 12.6. The summed E-state index contributed by atoms with van der Waals surface area (Å²) in [5.41, 5.74) is 4.32. The Kier molecular flexibility index (Phi) is 6.90. The van der Waals surface area contributed by atoms with Crippen molar-refractivity contribution >= 4 is 40.3 Å². The average Bonchev–Trinajstić information content (AvgIpc) is 2.92. The largest absolute Gasteiger partial charge is 0.611 e. The molecule has 0 fully saturated rings. The molecular weight excluding hydrogens is 431 g/mol. The smallest absolute Gasteiger partial charge is 0.307 e. The van der Waals surface area contributed by atoms with Gasteiger partial charge in [0.2, 0.25) is 0 Å². The highest BCUT2D eigenvalue weighted by molar-refractivity contribution is 7.90. The van der Waals surface area contributed by atoms with Crippen molar-refractivity contribution in [1.29, 1.82) is 0 Å². The highest BCUT2D eigenvalue weighted by atomic mass is 35.5. The maximum Gasteiger partial charge on any atom is 0.307 e. The zero-order valence-electron chi connectivity index (χ0n) is 16.0. The van der Waals surface area contributed by atoms with Gasteiger partial charge in [-0.2, -0.15) is 5.10 Å². The number of carboxylic acid groups (broad SMARTS) is 1. The molecular formula is C21H20Cl2N2O3S. The minimum Gasteiger partial charge on any atom is -0.611 e. The average molecular weight is 451 g/mol. The molecule has 1 aromatic heterocycles. The van der Waals surface area contributed by atoms with Gasteiger partial charge in [-0.15, -0.1) is 0 Å². The summed E-state index contributed by atoms with van der Waals surface area (Å²) in [6, 6.07) is 12.8. The first-order chi connectivity index (χ1) is 13.7. The van der Waals surface area contributed by atoms with E-state index in [1.165, 1.54) is 0 Å². The lowest BCUT2D eigenvalue weighted by Crippen LogP contribution is -2.07. The van der Waals surface area contributed by atoms with Crippen LogP contribution < -0.4 is 0 Å². The van der Waals surface area contributed by atoms with Gasteiger partial charge in [-0.25, -0.2) is 0 Å². The van der Waals surface area contributed by atoms with Crippen molar-refractivity contribution in [2.45, 2.75) is 37.5 Å². The second-order valence-corrected chi connectivity index (χ2v) is 9.03. The SMILES string of the molecule is Cc1nn(Cc2ccc(C[S+]([O-])c3ccc(Cl)c(Cl)c3)cc2)c(C)c1CC(=O)O.